The predicted octanol–water partition coefficient (Wildman–Crippen LogP) is 2.24. The van der Waals surface area contributed by atoms with E-state index < -0.39 is 0 Å². The van der Waals surface area contributed by atoms with Crippen molar-refractivity contribution in [2.75, 3.05) is 20.3 Å². The van der Waals surface area contributed by atoms with Gasteiger partial charge in [-0.1, -0.05) is 36.8 Å². The molecule has 4 nitrogen and oxygen atoms in total. The number of carbonyl (C=O) groups excluding carboxylic acids is 1. The van der Waals surface area contributed by atoms with E-state index >= 15 is 0 Å². The van der Waals surface area contributed by atoms with Crippen LogP contribution in [0.15, 0.2) is 24.3 Å². The van der Waals surface area contributed by atoms with Crippen molar-refractivity contribution in [2.45, 2.75) is 38.4 Å². The highest BCUT2D eigenvalue weighted by molar-refractivity contribution is 5.92. The third-order valence-corrected chi connectivity index (χ3v) is 4.50. The molecule has 0 radical (unpaired) electrons. The highest BCUT2D eigenvalue weighted by atomic mass is 16.5. The minimum atomic E-state index is -0.275. The van der Waals surface area contributed by atoms with Gasteiger partial charge in [0.15, 0.2) is 0 Å². The first-order valence-corrected chi connectivity index (χ1v) is 7.70. The first-order valence-electron chi connectivity index (χ1n) is 7.70. The van der Waals surface area contributed by atoms with Crippen LogP contribution in [0.3, 0.4) is 0 Å². The van der Waals surface area contributed by atoms with Crippen LogP contribution in [0.2, 0.25) is 0 Å². The van der Waals surface area contributed by atoms with E-state index in [0.717, 1.165) is 19.4 Å². The molecule has 1 N–H and O–H groups in total. The Morgan fingerprint density at radius 1 is 1.38 bits per heavy atom. The van der Waals surface area contributed by atoms with Crippen LogP contribution in [0.5, 0.6) is 0 Å². The number of hydrogen-bond donors (Lipinski definition) is 1. The lowest BCUT2D eigenvalue weighted by atomic mass is 10.1. The van der Waals surface area contributed by atoms with E-state index in [9.17, 15) is 4.79 Å². The predicted molar refractivity (Wildman–Crippen MR) is 81.8 cm³/mol. The number of rotatable bonds is 5. The SMILES string of the molecule is COCC(C)CN1C(=O)C2(CC2)NC1c1ccc(C)cc1. The number of carbonyl (C=O) groups is 1. The van der Waals surface area contributed by atoms with Crippen molar-refractivity contribution in [1.82, 2.24) is 10.2 Å². The molecule has 1 saturated carbocycles. The van der Waals surface area contributed by atoms with Crippen molar-refractivity contribution in [1.29, 1.82) is 0 Å². The molecule has 1 aromatic carbocycles. The van der Waals surface area contributed by atoms with Gasteiger partial charge in [-0.3, -0.25) is 10.1 Å². The quantitative estimate of drug-likeness (QED) is 0.903. The van der Waals surface area contributed by atoms with E-state index in [1.54, 1.807) is 7.11 Å². The molecule has 4 heteroatoms. The maximum Gasteiger partial charge on any atom is 0.244 e. The van der Waals surface area contributed by atoms with E-state index in [-0.39, 0.29) is 17.6 Å². The topological polar surface area (TPSA) is 41.6 Å². The summed E-state index contributed by atoms with van der Waals surface area (Å²) in [4.78, 5) is 14.7. The Balaban J connectivity index is 1.82. The summed E-state index contributed by atoms with van der Waals surface area (Å²) in [6.45, 7) is 5.62. The summed E-state index contributed by atoms with van der Waals surface area (Å²) in [5, 5.41) is 3.56. The first-order chi connectivity index (χ1) is 10.1. The van der Waals surface area contributed by atoms with Gasteiger partial charge in [0.05, 0.1) is 6.61 Å². The zero-order valence-electron chi connectivity index (χ0n) is 13.1. The number of benzene rings is 1. The van der Waals surface area contributed by atoms with Crippen LogP contribution in [-0.2, 0) is 9.53 Å². The highest BCUT2D eigenvalue weighted by Crippen LogP contribution is 2.46. The Hall–Kier alpha value is -1.39. The maximum absolute atomic E-state index is 12.7. The number of ether oxygens (including phenoxy) is 1. The van der Waals surface area contributed by atoms with Gasteiger partial charge in [0.2, 0.25) is 5.91 Å². The zero-order chi connectivity index (χ0) is 15.0. The molecule has 1 amide bonds. The van der Waals surface area contributed by atoms with Crippen molar-refractivity contribution < 1.29 is 9.53 Å². The number of amides is 1. The Labute approximate surface area is 126 Å². The van der Waals surface area contributed by atoms with E-state index in [1.807, 2.05) is 4.90 Å². The molecule has 1 spiro atoms. The van der Waals surface area contributed by atoms with Crippen LogP contribution >= 0.6 is 0 Å². The van der Waals surface area contributed by atoms with Crippen LogP contribution in [0, 0.1) is 12.8 Å². The molecule has 1 heterocycles. The Morgan fingerprint density at radius 3 is 2.62 bits per heavy atom. The molecule has 1 aliphatic heterocycles. The van der Waals surface area contributed by atoms with Crippen molar-refractivity contribution in [3.8, 4) is 0 Å². The summed E-state index contributed by atoms with van der Waals surface area (Å²) in [5.74, 6) is 0.596. The van der Waals surface area contributed by atoms with E-state index in [2.05, 4.69) is 43.4 Å². The second kappa shape index (κ2) is 5.43. The molecule has 2 unspecified atom stereocenters. The molecule has 2 atom stereocenters. The molecule has 1 aromatic rings. The molecule has 2 fully saturated rings. The summed E-state index contributed by atoms with van der Waals surface area (Å²) in [7, 11) is 1.71. The Morgan fingerprint density at radius 2 is 2.05 bits per heavy atom. The molecular formula is C17H24N2O2. The summed E-state index contributed by atoms with van der Waals surface area (Å²) in [6.07, 6.45) is 1.92. The van der Waals surface area contributed by atoms with Gasteiger partial charge in [0.1, 0.15) is 11.7 Å². The van der Waals surface area contributed by atoms with Gasteiger partial charge in [-0.05, 0) is 31.2 Å². The average molecular weight is 288 g/mol. The molecule has 3 rings (SSSR count). The molecule has 21 heavy (non-hydrogen) atoms. The van der Waals surface area contributed by atoms with Crippen LogP contribution in [-0.4, -0.2) is 36.6 Å². The molecule has 1 saturated heterocycles. The van der Waals surface area contributed by atoms with Crippen LogP contribution in [0.1, 0.15) is 37.1 Å². The normalized spacial score (nSPS) is 24.6. The lowest BCUT2D eigenvalue weighted by molar-refractivity contribution is -0.131. The van der Waals surface area contributed by atoms with Crippen molar-refractivity contribution in [3.63, 3.8) is 0 Å². The van der Waals surface area contributed by atoms with Gasteiger partial charge in [0, 0.05) is 13.7 Å². The number of aryl methyl sites for hydroxylation is 1. The van der Waals surface area contributed by atoms with E-state index in [1.165, 1.54) is 11.1 Å². The third kappa shape index (κ3) is 2.70. The minimum Gasteiger partial charge on any atom is -0.384 e. The van der Waals surface area contributed by atoms with Crippen molar-refractivity contribution in [2.24, 2.45) is 5.92 Å². The molecule has 1 aliphatic carbocycles. The first kappa shape index (κ1) is 14.5. The van der Waals surface area contributed by atoms with Gasteiger partial charge >= 0.3 is 0 Å². The molecule has 0 aromatic heterocycles. The number of methoxy groups -OCH3 is 1. The fourth-order valence-corrected chi connectivity index (χ4v) is 3.15. The minimum absolute atomic E-state index is 0.0000869. The average Bonchev–Trinajstić information content (AvgIpc) is 3.19. The van der Waals surface area contributed by atoms with Gasteiger partial charge in [-0.15, -0.1) is 0 Å². The smallest absolute Gasteiger partial charge is 0.244 e. The van der Waals surface area contributed by atoms with Gasteiger partial charge in [0.25, 0.3) is 0 Å². The number of nitrogens with zero attached hydrogens (tertiary/aromatic N) is 1. The fraction of sp³-hybridized carbons (Fsp3) is 0.588. The summed E-state index contributed by atoms with van der Waals surface area (Å²) in [6, 6.07) is 8.46. The Bertz CT molecular complexity index is 522. The molecule has 0 bridgehead atoms. The standard InChI is InChI=1S/C17H24N2O2/c1-12-4-6-14(7-5-12)15-18-17(8-9-17)16(20)19(15)10-13(2)11-21-3/h4-7,13,15,18H,8-11H2,1-3H3. The van der Waals surface area contributed by atoms with Gasteiger partial charge in [-0.25, -0.2) is 0 Å². The van der Waals surface area contributed by atoms with Gasteiger partial charge in [-0.2, -0.15) is 0 Å². The molecule has 114 valence electrons. The fourth-order valence-electron chi connectivity index (χ4n) is 3.15. The molecule has 2 aliphatic rings. The van der Waals surface area contributed by atoms with Crippen LogP contribution in [0.25, 0.3) is 0 Å². The maximum atomic E-state index is 12.7. The van der Waals surface area contributed by atoms with Crippen molar-refractivity contribution in [3.05, 3.63) is 35.4 Å². The van der Waals surface area contributed by atoms with E-state index in [4.69, 9.17) is 4.74 Å². The number of hydrogen-bond acceptors (Lipinski definition) is 3. The lowest BCUT2D eigenvalue weighted by Crippen LogP contribution is -2.36. The van der Waals surface area contributed by atoms with Crippen molar-refractivity contribution >= 4 is 5.91 Å². The zero-order valence-corrected chi connectivity index (χ0v) is 13.1. The second-order valence-electron chi connectivity index (χ2n) is 6.56. The van der Waals surface area contributed by atoms with Gasteiger partial charge < -0.3 is 9.64 Å². The highest BCUT2D eigenvalue weighted by Gasteiger charge is 2.59. The summed E-state index contributed by atoms with van der Waals surface area (Å²) >= 11 is 0. The van der Waals surface area contributed by atoms with Crippen LogP contribution in [0.4, 0.5) is 0 Å². The van der Waals surface area contributed by atoms with E-state index in [0.29, 0.717) is 12.5 Å². The lowest BCUT2D eigenvalue weighted by Gasteiger charge is -2.27. The monoisotopic (exact) mass is 288 g/mol. The summed E-state index contributed by atoms with van der Waals surface area (Å²) < 4.78 is 5.22. The summed E-state index contributed by atoms with van der Waals surface area (Å²) in [5.41, 5.74) is 2.13. The number of nitrogens with one attached hydrogen (secondary N) is 1. The molecular weight excluding hydrogens is 264 g/mol. The van der Waals surface area contributed by atoms with Crippen LogP contribution < -0.4 is 5.32 Å². The largest absolute Gasteiger partial charge is 0.384 e. The second-order valence-corrected chi connectivity index (χ2v) is 6.56. The third-order valence-electron chi connectivity index (χ3n) is 4.50. The Kier molecular flexibility index (Phi) is 3.76.